The van der Waals surface area contributed by atoms with Crippen molar-refractivity contribution in [3.8, 4) is 0 Å². The third-order valence-electron chi connectivity index (χ3n) is 2.35. The molecule has 0 aliphatic heterocycles. The van der Waals surface area contributed by atoms with E-state index in [1.807, 2.05) is 0 Å². The van der Waals surface area contributed by atoms with Crippen LogP contribution in [0.15, 0.2) is 30.3 Å². The van der Waals surface area contributed by atoms with Gasteiger partial charge in [0.15, 0.2) is 0 Å². The summed E-state index contributed by atoms with van der Waals surface area (Å²) < 4.78 is 0. The minimum Gasteiger partial charge on any atom is -0.481 e. The Hall–Kier alpha value is -1.81. The van der Waals surface area contributed by atoms with Gasteiger partial charge in [-0.25, -0.2) is 0 Å². The molecule has 5 heteroatoms. The molecular weight excluding hydrogens is 266 g/mol. The van der Waals surface area contributed by atoms with Crippen LogP contribution < -0.4 is 5.32 Å². The Kier molecular flexibility index (Phi) is 5.12. The largest absolute Gasteiger partial charge is 0.481 e. The monoisotopic (exact) mass is 281 g/mol. The molecule has 1 amide bonds. The molecule has 19 heavy (non-hydrogen) atoms. The van der Waals surface area contributed by atoms with E-state index in [4.69, 9.17) is 16.7 Å². The van der Waals surface area contributed by atoms with Gasteiger partial charge in [-0.1, -0.05) is 23.7 Å². The molecule has 1 aromatic carbocycles. The summed E-state index contributed by atoms with van der Waals surface area (Å²) in [4.78, 5) is 22.3. The van der Waals surface area contributed by atoms with Gasteiger partial charge in [0, 0.05) is 16.6 Å². The molecule has 0 unspecified atom stereocenters. The molecule has 0 saturated heterocycles. The summed E-state index contributed by atoms with van der Waals surface area (Å²) in [5.41, 5.74) is 0.0587. The van der Waals surface area contributed by atoms with E-state index in [9.17, 15) is 9.59 Å². The lowest BCUT2D eigenvalue weighted by Crippen LogP contribution is -2.44. The highest BCUT2D eigenvalue weighted by Gasteiger charge is 2.22. The Bertz CT molecular complexity index is 492. The first kappa shape index (κ1) is 15.2. The molecule has 0 spiro atoms. The summed E-state index contributed by atoms with van der Waals surface area (Å²) in [6.07, 6.45) is 2.88. The van der Waals surface area contributed by atoms with E-state index in [1.54, 1.807) is 44.2 Å². The van der Waals surface area contributed by atoms with Crippen molar-refractivity contribution in [3.05, 3.63) is 40.9 Å². The molecule has 0 atom stereocenters. The number of halogens is 1. The number of hydrogen-bond acceptors (Lipinski definition) is 2. The van der Waals surface area contributed by atoms with Crippen molar-refractivity contribution in [2.24, 2.45) is 0 Å². The predicted octanol–water partition coefficient (Wildman–Crippen LogP) is 2.72. The van der Waals surface area contributed by atoms with Crippen LogP contribution in [-0.4, -0.2) is 22.5 Å². The molecule has 0 bridgehead atoms. The second-order valence-corrected chi connectivity index (χ2v) is 5.26. The van der Waals surface area contributed by atoms with Gasteiger partial charge >= 0.3 is 5.97 Å². The molecule has 1 rings (SSSR count). The van der Waals surface area contributed by atoms with Gasteiger partial charge < -0.3 is 10.4 Å². The molecule has 1 aromatic rings. The lowest BCUT2D eigenvalue weighted by atomic mass is 10.0. The van der Waals surface area contributed by atoms with Gasteiger partial charge in [-0.2, -0.15) is 0 Å². The first-order valence-electron chi connectivity index (χ1n) is 5.76. The van der Waals surface area contributed by atoms with Gasteiger partial charge in [-0.3, -0.25) is 9.59 Å². The Morgan fingerprint density at radius 2 is 1.89 bits per heavy atom. The Morgan fingerprint density at radius 1 is 1.32 bits per heavy atom. The van der Waals surface area contributed by atoms with Crippen LogP contribution in [0.1, 0.15) is 25.8 Å². The summed E-state index contributed by atoms with van der Waals surface area (Å²) in [5, 5.41) is 12.0. The number of carboxylic acids is 1. The number of carbonyl (C=O) groups is 2. The third kappa shape index (κ3) is 6.06. The third-order valence-corrected chi connectivity index (χ3v) is 2.60. The summed E-state index contributed by atoms with van der Waals surface area (Å²) in [7, 11) is 0. The molecular formula is C14H16ClNO3. The number of amides is 1. The van der Waals surface area contributed by atoms with Crippen molar-refractivity contribution >= 4 is 29.6 Å². The number of rotatable bonds is 5. The zero-order valence-electron chi connectivity index (χ0n) is 10.8. The number of benzene rings is 1. The molecule has 0 saturated carbocycles. The smallest absolute Gasteiger partial charge is 0.305 e. The van der Waals surface area contributed by atoms with Crippen molar-refractivity contribution in [2.75, 3.05) is 0 Å². The molecule has 102 valence electrons. The lowest BCUT2D eigenvalue weighted by Gasteiger charge is -2.23. The molecule has 0 aliphatic rings. The number of hydrogen-bond donors (Lipinski definition) is 2. The van der Waals surface area contributed by atoms with Gasteiger partial charge in [0.05, 0.1) is 6.42 Å². The fourth-order valence-electron chi connectivity index (χ4n) is 1.54. The first-order valence-corrected chi connectivity index (χ1v) is 6.14. The van der Waals surface area contributed by atoms with Gasteiger partial charge in [-0.05, 0) is 37.6 Å². The Morgan fingerprint density at radius 3 is 2.42 bits per heavy atom. The maximum Gasteiger partial charge on any atom is 0.305 e. The van der Waals surface area contributed by atoms with Crippen LogP contribution in [0.5, 0.6) is 0 Å². The van der Waals surface area contributed by atoms with Crippen molar-refractivity contribution in [1.82, 2.24) is 5.32 Å². The topological polar surface area (TPSA) is 66.4 Å². The summed E-state index contributed by atoms with van der Waals surface area (Å²) in [6, 6.07) is 7.03. The fourth-order valence-corrected chi connectivity index (χ4v) is 1.67. The summed E-state index contributed by atoms with van der Waals surface area (Å²) in [5.74, 6) is -1.28. The number of nitrogens with one attached hydrogen (secondary N) is 1. The maximum atomic E-state index is 11.7. The molecule has 2 N–H and O–H groups in total. The number of carboxylic acid groups (broad SMARTS) is 1. The normalized spacial score (nSPS) is 11.5. The Balaban J connectivity index is 2.60. The highest BCUT2D eigenvalue weighted by molar-refractivity contribution is 6.30. The standard InChI is InChI=1S/C14H16ClNO3/c1-14(2,9-13(18)19)16-12(17)8-5-10-3-6-11(15)7-4-10/h3-8H,9H2,1-2H3,(H,16,17)(H,18,19). The van der Waals surface area contributed by atoms with E-state index in [2.05, 4.69) is 5.32 Å². The van der Waals surface area contributed by atoms with Gasteiger partial charge in [0.2, 0.25) is 5.91 Å². The SMILES string of the molecule is CC(C)(CC(=O)O)NC(=O)C=Cc1ccc(Cl)cc1. The predicted molar refractivity (Wildman–Crippen MR) is 75.0 cm³/mol. The average Bonchev–Trinajstić information content (AvgIpc) is 2.25. The van der Waals surface area contributed by atoms with Crippen LogP contribution in [0.25, 0.3) is 6.08 Å². The molecule has 0 aliphatic carbocycles. The lowest BCUT2D eigenvalue weighted by molar-refractivity contribution is -0.138. The molecule has 0 aromatic heterocycles. The minimum absolute atomic E-state index is 0.131. The van der Waals surface area contributed by atoms with E-state index >= 15 is 0 Å². The van der Waals surface area contributed by atoms with Crippen LogP contribution in [0.4, 0.5) is 0 Å². The zero-order chi connectivity index (χ0) is 14.5. The molecule has 0 heterocycles. The van der Waals surface area contributed by atoms with E-state index in [0.29, 0.717) is 5.02 Å². The maximum absolute atomic E-state index is 11.7. The molecule has 0 fully saturated rings. The van der Waals surface area contributed by atoms with Crippen molar-refractivity contribution in [3.63, 3.8) is 0 Å². The summed E-state index contributed by atoms with van der Waals surface area (Å²) in [6.45, 7) is 3.32. The van der Waals surface area contributed by atoms with Crippen LogP contribution >= 0.6 is 11.6 Å². The average molecular weight is 282 g/mol. The first-order chi connectivity index (χ1) is 8.78. The molecule has 4 nitrogen and oxygen atoms in total. The van der Waals surface area contributed by atoms with Crippen LogP contribution in [0.2, 0.25) is 5.02 Å². The minimum atomic E-state index is -0.952. The second kappa shape index (κ2) is 6.38. The van der Waals surface area contributed by atoms with Crippen molar-refractivity contribution < 1.29 is 14.7 Å². The highest BCUT2D eigenvalue weighted by atomic mass is 35.5. The Labute approximate surface area is 117 Å². The zero-order valence-corrected chi connectivity index (χ0v) is 11.6. The van der Waals surface area contributed by atoms with Gasteiger partial charge in [-0.15, -0.1) is 0 Å². The van der Waals surface area contributed by atoms with Crippen LogP contribution in [0, 0.1) is 0 Å². The van der Waals surface area contributed by atoms with E-state index in [-0.39, 0.29) is 12.3 Å². The quantitative estimate of drug-likeness (QED) is 0.816. The van der Waals surface area contributed by atoms with Crippen LogP contribution in [0.3, 0.4) is 0 Å². The van der Waals surface area contributed by atoms with Crippen molar-refractivity contribution in [2.45, 2.75) is 25.8 Å². The van der Waals surface area contributed by atoms with Gasteiger partial charge in [0.1, 0.15) is 0 Å². The molecule has 0 radical (unpaired) electrons. The number of aliphatic carboxylic acids is 1. The summed E-state index contributed by atoms with van der Waals surface area (Å²) >= 11 is 5.75. The van der Waals surface area contributed by atoms with E-state index in [1.165, 1.54) is 6.08 Å². The van der Waals surface area contributed by atoms with Gasteiger partial charge in [0.25, 0.3) is 0 Å². The van der Waals surface area contributed by atoms with Crippen LogP contribution in [-0.2, 0) is 9.59 Å². The second-order valence-electron chi connectivity index (χ2n) is 4.83. The number of carbonyl (C=O) groups excluding carboxylic acids is 1. The van der Waals surface area contributed by atoms with Crippen molar-refractivity contribution in [1.29, 1.82) is 0 Å². The van der Waals surface area contributed by atoms with E-state index < -0.39 is 11.5 Å². The van der Waals surface area contributed by atoms with E-state index in [0.717, 1.165) is 5.56 Å². The fraction of sp³-hybridized carbons (Fsp3) is 0.286. The highest BCUT2D eigenvalue weighted by Crippen LogP contribution is 2.11.